The van der Waals surface area contributed by atoms with Gasteiger partial charge in [0.25, 0.3) is 0 Å². The Morgan fingerprint density at radius 1 is 1.13 bits per heavy atom. The number of nitrogens with one attached hydrogen (secondary N) is 3. The Balaban J connectivity index is 1.45. The highest BCUT2D eigenvalue weighted by Crippen LogP contribution is 2.47. The highest BCUT2D eigenvalue weighted by Gasteiger charge is 2.44. The van der Waals surface area contributed by atoms with Crippen molar-refractivity contribution in [1.29, 1.82) is 0 Å². The number of benzene rings is 2. The van der Waals surface area contributed by atoms with Crippen LogP contribution in [0.15, 0.2) is 59.9 Å². The van der Waals surface area contributed by atoms with Crippen molar-refractivity contribution in [2.24, 2.45) is 5.41 Å². The molecule has 202 valence electrons. The monoisotopic (exact) mass is 529 g/mol. The van der Waals surface area contributed by atoms with Gasteiger partial charge in [-0.25, -0.2) is 4.79 Å². The van der Waals surface area contributed by atoms with Crippen molar-refractivity contribution in [2.75, 3.05) is 32.2 Å². The first-order valence-electron chi connectivity index (χ1n) is 12.6. The summed E-state index contributed by atoms with van der Waals surface area (Å²) in [6.07, 6.45) is -2.19. The number of hydrogen-bond donors (Lipinski definition) is 3. The highest BCUT2D eigenvalue weighted by molar-refractivity contribution is 6.00. The minimum Gasteiger partial charge on any atom is -0.501 e. The van der Waals surface area contributed by atoms with Gasteiger partial charge < -0.3 is 25.4 Å². The van der Waals surface area contributed by atoms with Crippen LogP contribution >= 0.6 is 0 Å². The second kappa shape index (κ2) is 10.4. The number of urea groups is 1. The minimum atomic E-state index is -4.54. The van der Waals surface area contributed by atoms with E-state index in [1.807, 2.05) is 24.3 Å². The molecular formula is C28H30F3N3O4. The van der Waals surface area contributed by atoms with Crippen LogP contribution in [0.4, 0.5) is 23.7 Å². The molecule has 10 heteroatoms. The molecule has 2 amide bonds. The zero-order valence-electron chi connectivity index (χ0n) is 21.0. The molecule has 2 fully saturated rings. The van der Waals surface area contributed by atoms with E-state index in [9.17, 15) is 22.8 Å². The van der Waals surface area contributed by atoms with Crippen LogP contribution in [0.25, 0.3) is 0 Å². The van der Waals surface area contributed by atoms with Gasteiger partial charge >= 0.3 is 12.2 Å². The van der Waals surface area contributed by atoms with Crippen molar-refractivity contribution in [3.8, 4) is 0 Å². The number of carbonyl (C=O) groups excluding carboxylic acids is 2. The van der Waals surface area contributed by atoms with Crippen LogP contribution in [0.5, 0.6) is 0 Å². The van der Waals surface area contributed by atoms with Gasteiger partial charge in [0.2, 0.25) is 0 Å². The lowest BCUT2D eigenvalue weighted by atomic mass is 9.67. The fourth-order valence-corrected chi connectivity index (χ4v) is 5.36. The molecule has 1 spiro atoms. The summed E-state index contributed by atoms with van der Waals surface area (Å²) < 4.78 is 50.7. The fourth-order valence-electron chi connectivity index (χ4n) is 5.36. The molecule has 2 unspecified atom stereocenters. The van der Waals surface area contributed by atoms with Crippen molar-refractivity contribution in [3.05, 3.63) is 76.6 Å². The van der Waals surface area contributed by atoms with E-state index in [0.29, 0.717) is 43.0 Å². The lowest BCUT2D eigenvalue weighted by molar-refractivity contribution is -0.137. The summed E-state index contributed by atoms with van der Waals surface area (Å²) in [6.45, 7) is 2.05. The lowest BCUT2D eigenvalue weighted by Crippen LogP contribution is -2.41. The number of rotatable bonds is 6. The topological polar surface area (TPSA) is 98.6 Å². The number of Topliss-reactive ketones (excluding diaryl/α,β-unsaturated/α-hetero) is 1. The quantitative estimate of drug-likeness (QED) is 0.443. The average molecular weight is 530 g/mol. The summed E-state index contributed by atoms with van der Waals surface area (Å²) in [5.74, 6) is 0.396. The van der Waals surface area contributed by atoms with E-state index in [4.69, 9.17) is 9.47 Å². The molecule has 7 nitrogen and oxygen atoms in total. The van der Waals surface area contributed by atoms with Gasteiger partial charge in [-0.15, -0.1) is 0 Å². The molecule has 3 N–H and O–H groups in total. The Bertz CT molecular complexity index is 1230. The van der Waals surface area contributed by atoms with Crippen molar-refractivity contribution < 1.29 is 32.2 Å². The first-order chi connectivity index (χ1) is 18.2. The normalized spacial score (nSPS) is 21.7. The largest absolute Gasteiger partial charge is 0.501 e. The molecule has 3 aliphatic rings. The molecule has 0 radical (unpaired) electrons. The molecule has 2 aliphatic heterocycles. The Morgan fingerprint density at radius 3 is 2.47 bits per heavy atom. The van der Waals surface area contributed by atoms with Crippen molar-refractivity contribution >= 4 is 17.5 Å². The standard InChI is InChI=1S/C28H30F3N3O4/c1-37-23-15-27(9-11-38-12-10-27)14-22(35)24(23)25(18-7-5-17(6-8-18)21-16-32-21)34-26(36)33-20-4-2-3-19(13-20)28(29,30)31/h2-8,13,21,25,32H,9-12,14-16H2,1H3,(H2,33,34,36). The predicted molar refractivity (Wildman–Crippen MR) is 134 cm³/mol. The van der Waals surface area contributed by atoms with Crippen LogP contribution < -0.4 is 16.0 Å². The zero-order chi connectivity index (χ0) is 26.9. The van der Waals surface area contributed by atoms with Crippen LogP contribution in [0.3, 0.4) is 0 Å². The SMILES string of the molecule is COC1=C(C(NC(=O)Nc2cccc(C(F)(F)F)c2)c2ccc(C3CN3)cc2)C(=O)CC2(CCOCC2)C1. The van der Waals surface area contributed by atoms with Crippen LogP contribution in [0.2, 0.25) is 0 Å². The van der Waals surface area contributed by atoms with Crippen LogP contribution in [-0.2, 0) is 20.4 Å². The molecule has 0 aromatic heterocycles. The number of halogens is 3. The van der Waals surface area contributed by atoms with Gasteiger partial charge in [-0.1, -0.05) is 30.3 Å². The van der Waals surface area contributed by atoms with E-state index in [1.165, 1.54) is 19.2 Å². The number of alkyl halides is 3. The molecule has 2 aromatic carbocycles. The van der Waals surface area contributed by atoms with Crippen molar-refractivity contribution in [2.45, 2.75) is 43.9 Å². The maximum atomic E-state index is 13.6. The fraction of sp³-hybridized carbons (Fsp3) is 0.429. The average Bonchev–Trinajstić information content (AvgIpc) is 3.73. The summed E-state index contributed by atoms with van der Waals surface area (Å²) in [4.78, 5) is 26.7. The predicted octanol–water partition coefficient (Wildman–Crippen LogP) is 5.27. The van der Waals surface area contributed by atoms with Gasteiger partial charge in [0.05, 0.1) is 24.3 Å². The third-order valence-electron chi connectivity index (χ3n) is 7.56. The number of amides is 2. The molecular weight excluding hydrogens is 499 g/mol. The summed E-state index contributed by atoms with van der Waals surface area (Å²) >= 11 is 0. The number of allylic oxidation sites excluding steroid dienone is 1. The molecule has 1 aliphatic carbocycles. The lowest BCUT2D eigenvalue weighted by Gasteiger charge is -2.41. The summed E-state index contributed by atoms with van der Waals surface area (Å²) in [5, 5.41) is 8.56. The van der Waals surface area contributed by atoms with E-state index in [2.05, 4.69) is 16.0 Å². The first kappa shape index (κ1) is 26.2. The van der Waals surface area contributed by atoms with E-state index in [1.54, 1.807) is 0 Å². The van der Waals surface area contributed by atoms with Crippen molar-refractivity contribution in [1.82, 2.24) is 10.6 Å². The van der Waals surface area contributed by atoms with Gasteiger partial charge in [-0.2, -0.15) is 13.2 Å². The number of ether oxygens (including phenoxy) is 2. The first-order valence-corrected chi connectivity index (χ1v) is 12.6. The summed E-state index contributed by atoms with van der Waals surface area (Å²) in [7, 11) is 1.52. The highest BCUT2D eigenvalue weighted by atomic mass is 19.4. The molecule has 5 rings (SSSR count). The second-order valence-electron chi connectivity index (χ2n) is 10.2. The summed E-state index contributed by atoms with van der Waals surface area (Å²) in [6, 6.07) is 10.7. The van der Waals surface area contributed by atoms with Crippen LogP contribution in [0.1, 0.15) is 54.5 Å². The molecule has 0 saturated carbocycles. The van der Waals surface area contributed by atoms with E-state index >= 15 is 0 Å². The molecule has 0 bridgehead atoms. The third kappa shape index (κ3) is 5.71. The Morgan fingerprint density at radius 2 is 1.84 bits per heavy atom. The number of carbonyl (C=O) groups is 2. The van der Waals surface area contributed by atoms with E-state index < -0.39 is 23.8 Å². The van der Waals surface area contributed by atoms with E-state index in [-0.39, 0.29) is 22.9 Å². The van der Waals surface area contributed by atoms with Crippen LogP contribution in [-0.4, -0.2) is 38.7 Å². The number of ketones is 1. The van der Waals surface area contributed by atoms with Gasteiger partial charge in [-0.05, 0) is 47.6 Å². The maximum absolute atomic E-state index is 13.6. The second-order valence-corrected chi connectivity index (χ2v) is 10.2. The number of methoxy groups -OCH3 is 1. The smallest absolute Gasteiger partial charge is 0.416 e. The number of anilines is 1. The van der Waals surface area contributed by atoms with Gasteiger partial charge in [0.15, 0.2) is 5.78 Å². The van der Waals surface area contributed by atoms with E-state index in [0.717, 1.165) is 37.1 Å². The van der Waals surface area contributed by atoms with Crippen molar-refractivity contribution in [3.63, 3.8) is 0 Å². The Labute approximate surface area is 218 Å². The third-order valence-corrected chi connectivity index (χ3v) is 7.56. The number of hydrogen-bond acceptors (Lipinski definition) is 5. The molecule has 2 saturated heterocycles. The summed E-state index contributed by atoms with van der Waals surface area (Å²) in [5.41, 5.74) is 1.01. The van der Waals surface area contributed by atoms with Gasteiger partial charge in [0, 0.05) is 44.3 Å². The Hall–Kier alpha value is -3.37. The zero-order valence-corrected chi connectivity index (χ0v) is 21.0. The maximum Gasteiger partial charge on any atom is 0.416 e. The Kier molecular flexibility index (Phi) is 7.19. The molecule has 2 atom stereocenters. The minimum absolute atomic E-state index is 0.0108. The molecule has 2 aromatic rings. The van der Waals surface area contributed by atoms with Crippen LogP contribution in [0, 0.1) is 5.41 Å². The van der Waals surface area contributed by atoms with Gasteiger partial charge in [0.1, 0.15) is 5.76 Å². The molecule has 38 heavy (non-hydrogen) atoms. The van der Waals surface area contributed by atoms with Gasteiger partial charge in [-0.3, -0.25) is 4.79 Å². The molecule has 2 heterocycles.